The van der Waals surface area contributed by atoms with E-state index in [1.54, 1.807) is 0 Å². The molecule has 1 aromatic carbocycles. The van der Waals surface area contributed by atoms with E-state index in [9.17, 15) is 0 Å². The summed E-state index contributed by atoms with van der Waals surface area (Å²) in [5.74, 6) is 2.28. The van der Waals surface area contributed by atoms with Crippen LogP contribution in [0.25, 0.3) is 0 Å². The maximum atomic E-state index is 2.34. The van der Waals surface area contributed by atoms with Gasteiger partial charge in [-0.15, -0.1) is 0 Å². The predicted octanol–water partition coefficient (Wildman–Crippen LogP) is 4.34. The molecule has 0 aliphatic heterocycles. The number of benzene rings is 1. The number of hydrogen-bond acceptors (Lipinski definition) is 2. The Kier molecular flexibility index (Phi) is 5.07. The largest absolute Gasteiger partial charge is 0.161 e. The molecule has 0 nitrogen and oxygen atoms in total. The average Bonchev–Trinajstić information content (AvgIpc) is 2.19. The standard InChI is InChI=1S/C13H20S2/c1-9-6-10(2)13(8-15-5)11(3)12(9)7-14-4/h6H,7-8H2,1-5H3. The fourth-order valence-electron chi connectivity index (χ4n) is 2.01. The highest BCUT2D eigenvalue weighted by molar-refractivity contribution is 7.98. The SMILES string of the molecule is CSCc1c(C)cc(C)c(CSC)c1C. The zero-order valence-electron chi connectivity index (χ0n) is 10.3. The van der Waals surface area contributed by atoms with Crippen LogP contribution in [0.15, 0.2) is 6.07 Å². The van der Waals surface area contributed by atoms with Crippen LogP contribution in [0.3, 0.4) is 0 Å². The molecule has 1 rings (SSSR count). The number of rotatable bonds is 4. The Balaban J connectivity index is 3.22. The third-order valence-electron chi connectivity index (χ3n) is 2.87. The summed E-state index contributed by atoms with van der Waals surface area (Å²) in [6, 6.07) is 2.34. The van der Waals surface area contributed by atoms with Crippen molar-refractivity contribution in [3.05, 3.63) is 33.9 Å². The molecule has 0 aromatic heterocycles. The maximum Gasteiger partial charge on any atom is 0.0187 e. The Morgan fingerprint density at radius 1 is 0.867 bits per heavy atom. The minimum absolute atomic E-state index is 1.14. The Labute approximate surface area is 102 Å². The highest BCUT2D eigenvalue weighted by Crippen LogP contribution is 2.27. The van der Waals surface area contributed by atoms with Gasteiger partial charge < -0.3 is 0 Å². The van der Waals surface area contributed by atoms with Crippen molar-refractivity contribution in [3.63, 3.8) is 0 Å². The van der Waals surface area contributed by atoms with Gasteiger partial charge in [-0.3, -0.25) is 0 Å². The zero-order valence-corrected chi connectivity index (χ0v) is 11.9. The molecule has 84 valence electrons. The molecule has 0 N–H and O–H groups in total. The first-order valence-electron chi connectivity index (χ1n) is 5.18. The van der Waals surface area contributed by atoms with Crippen molar-refractivity contribution in [1.29, 1.82) is 0 Å². The highest BCUT2D eigenvalue weighted by atomic mass is 32.2. The van der Waals surface area contributed by atoms with E-state index in [0.29, 0.717) is 0 Å². The minimum atomic E-state index is 1.14. The molecule has 0 amide bonds. The van der Waals surface area contributed by atoms with Gasteiger partial charge in [0, 0.05) is 11.5 Å². The Morgan fingerprint density at radius 3 is 1.60 bits per heavy atom. The van der Waals surface area contributed by atoms with Gasteiger partial charge in [-0.25, -0.2) is 0 Å². The molecular formula is C13H20S2. The molecule has 0 saturated carbocycles. The monoisotopic (exact) mass is 240 g/mol. The van der Waals surface area contributed by atoms with Crippen molar-refractivity contribution in [1.82, 2.24) is 0 Å². The first-order valence-corrected chi connectivity index (χ1v) is 7.97. The lowest BCUT2D eigenvalue weighted by Crippen LogP contribution is -2.00. The van der Waals surface area contributed by atoms with E-state index in [1.165, 1.54) is 27.8 Å². The van der Waals surface area contributed by atoms with E-state index in [4.69, 9.17) is 0 Å². The first kappa shape index (κ1) is 13.0. The second kappa shape index (κ2) is 5.86. The van der Waals surface area contributed by atoms with Gasteiger partial charge in [0.25, 0.3) is 0 Å². The van der Waals surface area contributed by atoms with E-state index in [0.717, 1.165) is 11.5 Å². The van der Waals surface area contributed by atoms with Gasteiger partial charge in [0.05, 0.1) is 0 Å². The molecule has 15 heavy (non-hydrogen) atoms. The first-order chi connectivity index (χ1) is 7.11. The summed E-state index contributed by atoms with van der Waals surface area (Å²) in [6.45, 7) is 6.74. The molecule has 0 aliphatic rings. The van der Waals surface area contributed by atoms with Crippen LogP contribution in [0.5, 0.6) is 0 Å². The summed E-state index contributed by atoms with van der Waals surface area (Å²) in [5, 5.41) is 0. The predicted molar refractivity (Wildman–Crippen MR) is 75.1 cm³/mol. The fourth-order valence-corrected chi connectivity index (χ4v) is 3.47. The van der Waals surface area contributed by atoms with Crippen LogP contribution in [0.2, 0.25) is 0 Å². The van der Waals surface area contributed by atoms with Gasteiger partial charge in [-0.2, -0.15) is 23.5 Å². The molecule has 0 unspecified atom stereocenters. The van der Waals surface area contributed by atoms with Crippen LogP contribution in [0.1, 0.15) is 27.8 Å². The summed E-state index contributed by atoms with van der Waals surface area (Å²) in [6.07, 6.45) is 4.35. The number of thioether (sulfide) groups is 2. The molecular weight excluding hydrogens is 220 g/mol. The molecule has 0 heterocycles. The van der Waals surface area contributed by atoms with E-state index in [1.807, 2.05) is 23.5 Å². The van der Waals surface area contributed by atoms with Gasteiger partial charge in [-0.05, 0) is 61.1 Å². The van der Waals surface area contributed by atoms with Crippen LogP contribution in [-0.4, -0.2) is 12.5 Å². The van der Waals surface area contributed by atoms with Crippen molar-refractivity contribution in [2.45, 2.75) is 32.3 Å². The smallest absolute Gasteiger partial charge is 0.0187 e. The van der Waals surface area contributed by atoms with Crippen LogP contribution < -0.4 is 0 Å². The molecule has 2 heteroatoms. The summed E-state index contributed by atoms with van der Waals surface area (Å²) >= 11 is 3.82. The molecule has 0 atom stereocenters. The van der Waals surface area contributed by atoms with Gasteiger partial charge >= 0.3 is 0 Å². The van der Waals surface area contributed by atoms with Gasteiger partial charge in [0.1, 0.15) is 0 Å². The fraction of sp³-hybridized carbons (Fsp3) is 0.538. The van der Waals surface area contributed by atoms with Crippen LogP contribution in [0, 0.1) is 20.8 Å². The molecule has 0 fully saturated rings. The van der Waals surface area contributed by atoms with Crippen molar-refractivity contribution in [3.8, 4) is 0 Å². The lowest BCUT2D eigenvalue weighted by molar-refractivity contribution is 1.15. The van der Waals surface area contributed by atoms with E-state index in [2.05, 4.69) is 39.3 Å². The average molecular weight is 240 g/mol. The van der Waals surface area contributed by atoms with Crippen LogP contribution in [-0.2, 0) is 11.5 Å². The highest BCUT2D eigenvalue weighted by Gasteiger charge is 2.09. The molecule has 0 saturated heterocycles. The van der Waals surface area contributed by atoms with Gasteiger partial charge in [0.15, 0.2) is 0 Å². The number of aryl methyl sites for hydroxylation is 2. The zero-order chi connectivity index (χ0) is 11.4. The van der Waals surface area contributed by atoms with Crippen LogP contribution >= 0.6 is 23.5 Å². The Morgan fingerprint density at radius 2 is 1.27 bits per heavy atom. The van der Waals surface area contributed by atoms with E-state index < -0.39 is 0 Å². The van der Waals surface area contributed by atoms with E-state index in [-0.39, 0.29) is 0 Å². The molecule has 1 aromatic rings. The second-order valence-corrected chi connectivity index (χ2v) is 5.69. The topological polar surface area (TPSA) is 0 Å². The summed E-state index contributed by atoms with van der Waals surface area (Å²) in [5.41, 5.74) is 7.49. The van der Waals surface area contributed by atoms with E-state index >= 15 is 0 Å². The Hall–Kier alpha value is -0.0800. The molecule has 0 radical (unpaired) electrons. The van der Waals surface area contributed by atoms with Crippen molar-refractivity contribution >= 4 is 23.5 Å². The third-order valence-corrected chi connectivity index (χ3v) is 4.02. The Bertz CT molecular complexity index is 313. The lowest BCUT2D eigenvalue weighted by atomic mass is 9.95. The minimum Gasteiger partial charge on any atom is -0.161 e. The summed E-state index contributed by atoms with van der Waals surface area (Å²) in [4.78, 5) is 0. The maximum absolute atomic E-state index is 2.34. The number of hydrogen-bond donors (Lipinski definition) is 0. The van der Waals surface area contributed by atoms with Crippen molar-refractivity contribution < 1.29 is 0 Å². The lowest BCUT2D eigenvalue weighted by Gasteiger charge is -2.16. The quantitative estimate of drug-likeness (QED) is 0.768. The molecule has 0 spiro atoms. The molecule has 0 aliphatic carbocycles. The van der Waals surface area contributed by atoms with Gasteiger partial charge in [0.2, 0.25) is 0 Å². The van der Waals surface area contributed by atoms with Crippen molar-refractivity contribution in [2.24, 2.45) is 0 Å². The third kappa shape index (κ3) is 2.94. The summed E-state index contributed by atoms with van der Waals surface area (Å²) in [7, 11) is 0. The molecule has 0 bridgehead atoms. The summed E-state index contributed by atoms with van der Waals surface area (Å²) < 4.78 is 0. The second-order valence-electron chi connectivity index (χ2n) is 3.96. The normalized spacial score (nSPS) is 10.7. The van der Waals surface area contributed by atoms with Crippen LogP contribution in [0.4, 0.5) is 0 Å². The van der Waals surface area contributed by atoms with Gasteiger partial charge in [-0.1, -0.05) is 6.07 Å². The van der Waals surface area contributed by atoms with Crippen molar-refractivity contribution in [2.75, 3.05) is 12.5 Å².